The van der Waals surface area contributed by atoms with Crippen LogP contribution in [0, 0.1) is 5.92 Å². The molecule has 4 nitrogen and oxygen atoms in total. The van der Waals surface area contributed by atoms with Gasteiger partial charge in [0.25, 0.3) is 0 Å². The zero-order valence-electron chi connectivity index (χ0n) is 19.0. The molecule has 0 unspecified atom stereocenters. The fourth-order valence-corrected chi connectivity index (χ4v) is 4.05. The monoisotopic (exact) mass is 402 g/mol. The summed E-state index contributed by atoms with van der Waals surface area (Å²) in [5.41, 5.74) is 3.44. The minimum atomic E-state index is -0.566. The summed E-state index contributed by atoms with van der Waals surface area (Å²) in [6, 6.07) is 1.63. The Hall–Kier alpha value is -2.23. The van der Waals surface area contributed by atoms with Gasteiger partial charge in [-0.15, -0.1) is 0 Å². The van der Waals surface area contributed by atoms with Gasteiger partial charge >= 0.3 is 5.97 Å². The molecule has 1 aliphatic rings. The second-order valence-corrected chi connectivity index (χ2v) is 7.67. The first-order chi connectivity index (χ1) is 13.8. The summed E-state index contributed by atoms with van der Waals surface area (Å²) < 4.78 is 4.93. The molecule has 2 N–H and O–H groups in total. The molecule has 0 radical (unpaired) electrons. The number of aryl methyl sites for hydroxylation is 1. The average molecular weight is 403 g/mol. The normalized spacial score (nSPS) is 18.3. The lowest BCUT2D eigenvalue weighted by atomic mass is 9.73. The van der Waals surface area contributed by atoms with Crippen molar-refractivity contribution in [2.75, 3.05) is 7.11 Å². The number of carbonyl (C=O) groups is 1. The summed E-state index contributed by atoms with van der Waals surface area (Å²) in [5, 5.41) is 21.8. The Morgan fingerprint density at radius 2 is 1.93 bits per heavy atom. The third-order valence-electron chi connectivity index (χ3n) is 5.55. The van der Waals surface area contributed by atoms with E-state index in [4.69, 9.17) is 4.74 Å². The van der Waals surface area contributed by atoms with Crippen LogP contribution in [0.3, 0.4) is 0 Å². The van der Waals surface area contributed by atoms with Crippen LogP contribution in [-0.2, 0) is 11.2 Å². The average Bonchev–Trinajstić information content (AvgIpc) is 2.69. The molecule has 1 aliphatic carbocycles. The van der Waals surface area contributed by atoms with Crippen molar-refractivity contribution in [3.63, 3.8) is 0 Å². The molecule has 2 atom stereocenters. The van der Waals surface area contributed by atoms with E-state index in [1.165, 1.54) is 12.7 Å². The van der Waals surface area contributed by atoms with E-state index in [2.05, 4.69) is 26.5 Å². The maximum atomic E-state index is 12.4. The molecule has 2 rings (SSSR count). The Kier molecular flexibility index (Phi) is 10.0. The van der Waals surface area contributed by atoms with Gasteiger partial charge in [0.1, 0.15) is 17.1 Å². The van der Waals surface area contributed by atoms with E-state index in [9.17, 15) is 15.0 Å². The first-order valence-corrected chi connectivity index (χ1v) is 10.8. The molecule has 0 bridgehead atoms. The maximum Gasteiger partial charge on any atom is 0.341 e. The van der Waals surface area contributed by atoms with Gasteiger partial charge in [-0.25, -0.2) is 4.79 Å². The minimum Gasteiger partial charge on any atom is -0.507 e. The largest absolute Gasteiger partial charge is 0.507 e. The third-order valence-corrected chi connectivity index (χ3v) is 5.55. The fourth-order valence-electron chi connectivity index (χ4n) is 4.05. The third kappa shape index (κ3) is 5.88. The molecule has 0 saturated carbocycles. The standard InChI is InChI=1S/C23H32O4.C2H6/c1-6-7-8-9-16-13-19(24)21(22(25)20(16)23(26)27-5)18-12-15(4)10-11-17(18)14(2)3;1-2/h12-13,17-18,24-25H,2,6-11H2,1,3-5H3;1-2H3/t17-,18+;/m0./s1. The van der Waals surface area contributed by atoms with Crippen molar-refractivity contribution in [2.45, 2.75) is 79.1 Å². The second kappa shape index (κ2) is 11.7. The second-order valence-electron chi connectivity index (χ2n) is 7.67. The van der Waals surface area contributed by atoms with Crippen molar-refractivity contribution < 1.29 is 19.7 Å². The highest BCUT2D eigenvalue weighted by atomic mass is 16.5. The minimum absolute atomic E-state index is 0.0360. The van der Waals surface area contributed by atoms with Gasteiger partial charge in [0.05, 0.1) is 7.11 Å². The number of benzene rings is 1. The molecule has 0 heterocycles. The van der Waals surface area contributed by atoms with E-state index in [0.29, 0.717) is 17.5 Å². The Morgan fingerprint density at radius 1 is 1.28 bits per heavy atom. The number of methoxy groups -OCH3 is 1. The molecular weight excluding hydrogens is 364 g/mol. The topological polar surface area (TPSA) is 66.8 Å². The molecule has 4 heteroatoms. The van der Waals surface area contributed by atoms with Gasteiger partial charge in [0, 0.05) is 11.5 Å². The molecule has 0 saturated heterocycles. The van der Waals surface area contributed by atoms with E-state index in [0.717, 1.165) is 37.7 Å². The summed E-state index contributed by atoms with van der Waals surface area (Å²) in [6.07, 6.45) is 7.53. The lowest BCUT2D eigenvalue weighted by Crippen LogP contribution is -2.18. The summed E-state index contributed by atoms with van der Waals surface area (Å²) in [6.45, 7) is 14.2. The van der Waals surface area contributed by atoms with E-state index in [1.807, 2.05) is 20.8 Å². The molecular formula is C25H38O4. The number of aromatic hydroxyl groups is 2. The summed E-state index contributed by atoms with van der Waals surface area (Å²) in [7, 11) is 1.31. The van der Waals surface area contributed by atoms with Crippen molar-refractivity contribution in [3.8, 4) is 11.5 Å². The van der Waals surface area contributed by atoms with Gasteiger partial charge < -0.3 is 14.9 Å². The number of phenols is 2. The van der Waals surface area contributed by atoms with Crippen molar-refractivity contribution in [2.24, 2.45) is 5.92 Å². The van der Waals surface area contributed by atoms with Gasteiger partial charge in [0.15, 0.2) is 0 Å². The number of rotatable bonds is 7. The van der Waals surface area contributed by atoms with Crippen LogP contribution in [-0.4, -0.2) is 23.3 Å². The van der Waals surface area contributed by atoms with Crippen LogP contribution in [0.1, 0.15) is 94.1 Å². The Labute approximate surface area is 176 Å². The molecule has 0 fully saturated rings. The molecule has 29 heavy (non-hydrogen) atoms. The van der Waals surface area contributed by atoms with Gasteiger partial charge in [-0.2, -0.15) is 0 Å². The maximum absolute atomic E-state index is 12.4. The Balaban J connectivity index is 0.00000204. The Morgan fingerprint density at radius 3 is 2.48 bits per heavy atom. The SMILES string of the molecule is C=C(C)[C@@H]1CCC(C)=C[C@H]1c1c(O)cc(CCCCC)c(C(=O)OC)c1O.CC. The van der Waals surface area contributed by atoms with Gasteiger partial charge in [-0.05, 0) is 57.1 Å². The first-order valence-electron chi connectivity index (χ1n) is 10.8. The molecule has 1 aromatic carbocycles. The van der Waals surface area contributed by atoms with Crippen molar-refractivity contribution in [3.05, 3.63) is 46.6 Å². The number of allylic oxidation sites excluding steroid dienone is 3. The van der Waals surface area contributed by atoms with Crippen molar-refractivity contribution in [1.82, 2.24) is 0 Å². The molecule has 162 valence electrons. The number of ether oxygens (including phenoxy) is 1. The summed E-state index contributed by atoms with van der Waals surface area (Å²) in [5.74, 6) is -0.778. The number of unbranched alkanes of at least 4 members (excludes halogenated alkanes) is 2. The van der Waals surface area contributed by atoms with E-state index >= 15 is 0 Å². The van der Waals surface area contributed by atoms with Gasteiger partial charge in [0.2, 0.25) is 0 Å². The molecule has 0 aromatic heterocycles. The van der Waals surface area contributed by atoms with E-state index in [-0.39, 0.29) is 28.9 Å². The lowest BCUT2D eigenvalue weighted by Gasteiger charge is -2.32. The number of carbonyl (C=O) groups excluding carboxylic acids is 1. The van der Waals surface area contributed by atoms with Crippen LogP contribution in [0.15, 0.2) is 29.9 Å². The fraction of sp³-hybridized carbons (Fsp3) is 0.560. The highest BCUT2D eigenvalue weighted by Gasteiger charge is 2.33. The van der Waals surface area contributed by atoms with E-state index in [1.54, 1.807) is 6.07 Å². The zero-order chi connectivity index (χ0) is 22.1. The smallest absolute Gasteiger partial charge is 0.341 e. The first kappa shape index (κ1) is 24.8. The van der Waals surface area contributed by atoms with Crippen molar-refractivity contribution >= 4 is 5.97 Å². The number of hydrogen-bond acceptors (Lipinski definition) is 4. The quantitative estimate of drug-likeness (QED) is 0.304. The van der Waals surface area contributed by atoms with Gasteiger partial charge in [-0.3, -0.25) is 0 Å². The highest BCUT2D eigenvalue weighted by Crippen LogP contribution is 2.48. The summed E-state index contributed by atoms with van der Waals surface area (Å²) in [4.78, 5) is 12.4. The van der Waals surface area contributed by atoms with Crippen LogP contribution in [0.5, 0.6) is 11.5 Å². The number of phenolic OH excluding ortho intramolecular Hbond substituents is 2. The number of esters is 1. The van der Waals surface area contributed by atoms with Crippen LogP contribution in [0.2, 0.25) is 0 Å². The Bertz CT molecular complexity index is 746. The van der Waals surface area contributed by atoms with Crippen LogP contribution in [0.25, 0.3) is 0 Å². The molecule has 0 amide bonds. The van der Waals surface area contributed by atoms with Crippen LogP contribution in [0.4, 0.5) is 0 Å². The van der Waals surface area contributed by atoms with Gasteiger partial charge in [-0.1, -0.05) is 57.4 Å². The predicted molar refractivity (Wildman–Crippen MR) is 120 cm³/mol. The predicted octanol–water partition coefficient (Wildman–Crippen LogP) is 6.66. The summed E-state index contributed by atoms with van der Waals surface area (Å²) >= 11 is 0. The van der Waals surface area contributed by atoms with E-state index < -0.39 is 5.97 Å². The zero-order valence-corrected chi connectivity index (χ0v) is 19.0. The van der Waals surface area contributed by atoms with Crippen LogP contribution < -0.4 is 0 Å². The highest BCUT2D eigenvalue weighted by molar-refractivity contribution is 5.95. The van der Waals surface area contributed by atoms with Crippen molar-refractivity contribution in [1.29, 1.82) is 0 Å². The molecule has 1 aromatic rings. The molecule has 0 spiro atoms. The lowest BCUT2D eigenvalue weighted by molar-refractivity contribution is 0.0595. The van der Waals surface area contributed by atoms with Crippen LogP contribution >= 0.6 is 0 Å². The number of hydrogen-bond donors (Lipinski definition) is 2. The molecule has 0 aliphatic heterocycles.